The van der Waals surface area contributed by atoms with Gasteiger partial charge in [-0.1, -0.05) is 20.8 Å². The van der Waals surface area contributed by atoms with Gasteiger partial charge in [-0.05, 0) is 42.3 Å². The van der Waals surface area contributed by atoms with Crippen LogP contribution in [0.4, 0.5) is 5.82 Å². The van der Waals surface area contributed by atoms with Crippen LogP contribution < -0.4 is 5.32 Å². The van der Waals surface area contributed by atoms with Crippen LogP contribution in [0.15, 0.2) is 17.4 Å². The number of anilines is 1. The number of fused-ring (bicyclic) bond motifs is 2. The van der Waals surface area contributed by atoms with E-state index in [1.165, 1.54) is 19.3 Å². The normalized spacial score (nSPS) is 35.6. The van der Waals surface area contributed by atoms with Crippen LogP contribution in [0.2, 0.25) is 0 Å². The Morgan fingerprint density at radius 1 is 1.32 bits per heavy atom. The third-order valence-corrected chi connectivity index (χ3v) is 6.05. The summed E-state index contributed by atoms with van der Waals surface area (Å²) < 4.78 is 0. The van der Waals surface area contributed by atoms with Crippen molar-refractivity contribution in [1.82, 2.24) is 9.97 Å². The molecule has 1 heterocycles. The Morgan fingerprint density at radius 2 is 2.11 bits per heavy atom. The molecule has 2 aliphatic rings. The Balaban J connectivity index is 1.86. The van der Waals surface area contributed by atoms with Crippen molar-refractivity contribution in [2.45, 2.75) is 51.1 Å². The van der Waals surface area contributed by atoms with E-state index < -0.39 is 0 Å². The van der Waals surface area contributed by atoms with E-state index in [9.17, 15) is 0 Å². The molecule has 2 aliphatic carbocycles. The standard InChI is InChI=1S/C15H23N3S/c1-14(2)10-5-6-15(3,8-10)13(14)18-11-7-12(19-4)17-9-16-11/h7,9-10,13H,5-6,8H2,1-4H3,(H,16,17,18). The van der Waals surface area contributed by atoms with Crippen molar-refractivity contribution in [2.24, 2.45) is 16.7 Å². The molecule has 0 aromatic carbocycles. The first-order valence-corrected chi connectivity index (χ1v) is 8.31. The molecule has 3 rings (SSSR count). The minimum absolute atomic E-state index is 0.359. The van der Waals surface area contributed by atoms with Crippen molar-refractivity contribution in [3.8, 4) is 0 Å². The summed E-state index contributed by atoms with van der Waals surface area (Å²) >= 11 is 1.66. The number of nitrogens with zero attached hydrogens (tertiary/aromatic N) is 2. The number of aromatic nitrogens is 2. The van der Waals surface area contributed by atoms with Crippen LogP contribution in [0.3, 0.4) is 0 Å². The van der Waals surface area contributed by atoms with Gasteiger partial charge in [-0.15, -0.1) is 11.8 Å². The van der Waals surface area contributed by atoms with Gasteiger partial charge >= 0.3 is 0 Å². The predicted molar refractivity (Wildman–Crippen MR) is 80.5 cm³/mol. The number of hydrogen-bond acceptors (Lipinski definition) is 4. The molecule has 1 aromatic heterocycles. The first-order chi connectivity index (χ1) is 8.95. The minimum atomic E-state index is 0.359. The molecule has 3 nitrogen and oxygen atoms in total. The lowest BCUT2D eigenvalue weighted by atomic mass is 9.68. The Hall–Kier alpha value is -0.770. The highest BCUT2D eigenvalue weighted by Gasteiger charge is 2.59. The van der Waals surface area contributed by atoms with E-state index >= 15 is 0 Å². The molecule has 0 saturated heterocycles. The van der Waals surface area contributed by atoms with Crippen molar-refractivity contribution in [1.29, 1.82) is 0 Å². The third-order valence-electron chi connectivity index (χ3n) is 5.41. The van der Waals surface area contributed by atoms with Crippen LogP contribution >= 0.6 is 11.8 Å². The van der Waals surface area contributed by atoms with Gasteiger partial charge in [-0.25, -0.2) is 9.97 Å². The van der Waals surface area contributed by atoms with E-state index in [0.717, 1.165) is 16.8 Å². The Morgan fingerprint density at radius 3 is 2.74 bits per heavy atom. The molecule has 104 valence electrons. The molecule has 0 amide bonds. The second kappa shape index (κ2) is 4.37. The number of thioether (sulfide) groups is 1. The van der Waals surface area contributed by atoms with Crippen LogP contribution in [-0.2, 0) is 0 Å². The molecule has 0 radical (unpaired) electrons. The summed E-state index contributed by atoms with van der Waals surface area (Å²) in [5.74, 6) is 1.84. The van der Waals surface area contributed by atoms with Gasteiger partial charge in [0.2, 0.25) is 0 Å². The van der Waals surface area contributed by atoms with Gasteiger partial charge in [-0.2, -0.15) is 0 Å². The van der Waals surface area contributed by atoms with E-state index in [4.69, 9.17) is 0 Å². The van der Waals surface area contributed by atoms with E-state index in [1.54, 1.807) is 18.1 Å². The average molecular weight is 277 g/mol. The topological polar surface area (TPSA) is 37.8 Å². The van der Waals surface area contributed by atoms with Gasteiger partial charge in [0, 0.05) is 12.1 Å². The fraction of sp³-hybridized carbons (Fsp3) is 0.733. The maximum atomic E-state index is 4.40. The summed E-state index contributed by atoms with van der Waals surface area (Å²) in [6.07, 6.45) is 7.81. The summed E-state index contributed by atoms with van der Waals surface area (Å²) in [7, 11) is 0. The number of nitrogens with one attached hydrogen (secondary N) is 1. The minimum Gasteiger partial charge on any atom is -0.366 e. The first kappa shape index (κ1) is 13.2. The highest BCUT2D eigenvalue weighted by atomic mass is 32.2. The Kier molecular flexibility index (Phi) is 3.04. The molecule has 0 aliphatic heterocycles. The molecular weight excluding hydrogens is 254 g/mol. The van der Waals surface area contributed by atoms with Crippen LogP contribution in [0.5, 0.6) is 0 Å². The van der Waals surface area contributed by atoms with E-state index in [1.807, 2.05) is 0 Å². The predicted octanol–water partition coefficient (Wildman–Crippen LogP) is 3.83. The highest BCUT2D eigenvalue weighted by Crippen LogP contribution is 2.63. The van der Waals surface area contributed by atoms with Crippen molar-refractivity contribution < 1.29 is 0 Å². The number of hydrogen-bond donors (Lipinski definition) is 1. The summed E-state index contributed by atoms with van der Waals surface area (Å²) in [5.41, 5.74) is 0.788. The largest absolute Gasteiger partial charge is 0.366 e. The van der Waals surface area contributed by atoms with E-state index in [-0.39, 0.29) is 0 Å². The molecule has 4 heteroatoms. The molecule has 1 N–H and O–H groups in total. The van der Waals surface area contributed by atoms with Crippen LogP contribution in [-0.4, -0.2) is 22.3 Å². The highest BCUT2D eigenvalue weighted by molar-refractivity contribution is 7.98. The fourth-order valence-electron chi connectivity index (χ4n) is 4.34. The monoisotopic (exact) mass is 277 g/mol. The Bertz CT molecular complexity index is 483. The fourth-order valence-corrected chi connectivity index (χ4v) is 4.72. The van der Waals surface area contributed by atoms with Crippen LogP contribution in [0.1, 0.15) is 40.0 Å². The molecule has 1 aromatic rings. The van der Waals surface area contributed by atoms with Gasteiger partial charge in [0.25, 0.3) is 0 Å². The lowest BCUT2D eigenvalue weighted by Gasteiger charge is -2.43. The molecule has 2 fully saturated rings. The third kappa shape index (κ3) is 2.04. The zero-order valence-corrected chi connectivity index (χ0v) is 13.0. The van der Waals surface area contributed by atoms with Gasteiger partial charge in [0.05, 0.1) is 0 Å². The van der Waals surface area contributed by atoms with E-state index in [0.29, 0.717) is 16.9 Å². The molecule has 19 heavy (non-hydrogen) atoms. The zero-order chi connectivity index (χ0) is 13.7. The first-order valence-electron chi connectivity index (χ1n) is 7.08. The Labute approximate surface area is 120 Å². The van der Waals surface area contributed by atoms with E-state index in [2.05, 4.69) is 48.4 Å². The van der Waals surface area contributed by atoms with Crippen molar-refractivity contribution in [3.05, 3.63) is 12.4 Å². The number of rotatable bonds is 3. The van der Waals surface area contributed by atoms with Gasteiger partial charge in [0.15, 0.2) is 0 Å². The summed E-state index contributed by atoms with van der Waals surface area (Å²) in [5, 5.41) is 4.74. The quantitative estimate of drug-likeness (QED) is 0.673. The molecule has 2 saturated carbocycles. The van der Waals surface area contributed by atoms with Crippen molar-refractivity contribution in [3.63, 3.8) is 0 Å². The molecule has 2 bridgehead atoms. The van der Waals surface area contributed by atoms with Crippen molar-refractivity contribution in [2.75, 3.05) is 11.6 Å². The lowest BCUT2D eigenvalue weighted by molar-refractivity contribution is 0.155. The molecule has 0 spiro atoms. The van der Waals surface area contributed by atoms with Crippen LogP contribution in [0, 0.1) is 16.7 Å². The second-order valence-corrected chi connectivity index (χ2v) is 7.76. The maximum absolute atomic E-state index is 4.40. The SMILES string of the molecule is CSc1cc(NC2C3(C)CCC(C3)C2(C)C)ncn1. The second-order valence-electron chi connectivity index (χ2n) is 6.94. The maximum Gasteiger partial charge on any atom is 0.130 e. The van der Waals surface area contributed by atoms with Gasteiger partial charge < -0.3 is 5.32 Å². The summed E-state index contributed by atoms with van der Waals surface area (Å²) in [4.78, 5) is 8.64. The zero-order valence-electron chi connectivity index (χ0n) is 12.2. The molecule has 3 atom stereocenters. The average Bonchev–Trinajstić information content (AvgIpc) is 2.86. The summed E-state index contributed by atoms with van der Waals surface area (Å²) in [6, 6.07) is 2.58. The van der Waals surface area contributed by atoms with Gasteiger partial charge in [0.1, 0.15) is 17.2 Å². The summed E-state index contributed by atoms with van der Waals surface area (Å²) in [6.45, 7) is 7.27. The van der Waals surface area contributed by atoms with Gasteiger partial charge in [-0.3, -0.25) is 0 Å². The molecule has 3 unspecified atom stereocenters. The van der Waals surface area contributed by atoms with Crippen molar-refractivity contribution >= 4 is 17.6 Å². The molecular formula is C15H23N3S. The van der Waals surface area contributed by atoms with Crippen LogP contribution in [0.25, 0.3) is 0 Å². The lowest BCUT2D eigenvalue weighted by Crippen LogP contribution is -2.45. The smallest absolute Gasteiger partial charge is 0.130 e.